The van der Waals surface area contributed by atoms with E-state index >= 15 is 0 Å². The predicted molar refractivity (Wildman–Crippen MR) is 166 cm³/mol. The van der Waals surface area contributed by atoms with Crippen molar-refractivity contribution in [2.75, 3.05) is 31.1 Å². The van der Waals surface area contributed by atoms with Gasteiger partial charge in [-0.15, -0.1) is 0 Å². The first-order valence-electron chi connectivity index (χ1n) is 14.7. The number of Topliss-reactive ketones (excluding diaryl/α,β-unsaturated/α-hetero) is 1. The Kier molecular flexibility index (Phi) is 9.47. The number of aryl methyl sites for hydroxylation is 1. The summed E-state index contributed by atoms with van der Waals surface area (Å²) in [5.41, 5.74) is 2.06. The number of anilines is 1. The van der Waals surface area contributed by atoms with Crippen molar-refractivity contribution >= 4 is 45.0 Å². The SMILES string of the molecule is CCOC(=O)N(CC(=O)[C@@H]1CN(C(=O)OCc2ccccc2)C[C@H]1CC)c1cnc2c(ccn2S(=O)(=O)c2ccc(C)cc2)n1. The largest absolute Gasteiger partial charge is 0.449 e. The van der Waals surface area contributed by atoms with Crippen molar-refractivity contribution in [3.05, 3.63) is 84.2 Å². The molecule has 1 saturated heterocycles. The van der Waals surface area contributed by atoms with Crippen molar-refractivity contribution in [1.82, 2.24) is 18.8 Å². The first-order valence-corrected chi connectivity index (χ1v) is 16.1. The van der Waals surface area contributed by atoms with E-state index in [1.807, 2.05) is 44.2 Å². The standard InChI is InChI=1S/C32H35N5O7S/c1-4-24-18-35(31(39)44-21-23-9-7-6-8-10-23)19-26(24)28(38)20-36(32(40)43-5-2)29-17-33-30-27(34-29)15-16-37(30)45(41,42)25-13-11-22(3)12-14-25/h6-17,24,26H,4-5,18-21H2,1-3H3/t24-,26-/m1/s1. The van der Waals surface area contributed by atoms with Crippen molar-refractivity contribution in [3.63, 3.8) is 0 Å². The topological polar surface area (TPSA) is 141 Å². The molecule has 0 N–H and O–H groups in total. The van der Waals surface area contributed by atoms with E-state index in [1.54, 1.807) is 19.1 Å². The minimum Gasteiger partial charge on any atom is -0.449 e. The summed E-state index contributed by atoms with van der Waals surface area (Å²) >= 11 is 0. The smallest absolute Gasteiger partial charge is 0.415 e. The lowest BCUT2D eigenvalue weighted by molar-refractivity contribution is -0.122. The fourth-order valence-electron chi connectivity index (χ4n) is 5.35. The Morgan fingerprint density at radius 3 is 2.40 bits per heavy atom. The van der Waals surface area contributed by atoms with Crippen LogP contribution < -0.4 is 4.90 Å². The number of ketones is 1. The van der Waals surface area contributed by atoms with E-state index < -0.39 is 28.1 Å². The van der Waals surface area contributed by atoms with Gasteiger partial charge in [-0.05, 0) is 43.5 Å². The Hall–Kier alpha value is -4.78. The third-order valence-corrected chi connectivity index (χ3v) is 9.52. The van der Waals surface area contributed by atoms with Crippen molar-refractivity contribution in [3.8, 4) is 0 Å². The fraction of sp³-hybridized carbons (Fsp3) is 0.344. The Morgan fingerprint density at radius 2 is 1.71 bits per heavy atom. The molecule has 13 heteroatoms. The second kappa shape index (κ2) is 13.5. The van der Waals surface area contributed by atoms with Crippen LogP contribution in [-0.4, -0.2) is 71.5 Å². The van der Waals surface area contributed by atoms with E-state index in [9.17, 15) is 22.8 Å². The molecule has 0 saturated carbocycles. The molecule has 1 fully saturated rings. The molecule has 12 nitrogen and oxygen atoms in total. The number of nitrogens with zero attached hydrogens (tertiary/aromatic N) is 5. The minimum absolute atomic E-state index is 0.0324. The van der Waals surface area contributed by atoms with E-state index in [4.69, 9.17) is 9.47 Å². The summed E-state index contributed by atoms with van der Waals surface area (Å²) < 4.78 is 38.3. The summed E-state index contributed by atoms with van der Waals surface area (Å²) in [6.07, 6.45) is 1.94. The minimum atomic E-state index is -3.96. The number of rotatable bonds is 10. The zero-order valence-electron chi connectivity index (χ0n) is 25.3. The third-order valence-electron chi connectivity index (χ3n) is 7.84. The monoisotopic (exact) mass is 633 g/mol. The van der Waals surface area contributed by atoms with Gasteiger partial charge in [0.05, 0.1) is 24.2 Å². The second-order valence-electron chi connectivity index (χ2n) is 10.8. The summed E-state index contributed by atoms with van der Waals surface area (Å²) in [6, 6.07) is 17.2. The number of aromatic nitrogens is 3. The average Bonchev–Trinajstić information content (AvgIpc) is 3.68. The van der Waals surface area contributed by atoms with Crippen LogP contribution in [0.5, 0.6) is 0 Å². The van der Waals surface area contributed by atoms with Crippen LogP contribution in [0.25, 0.3) is 11.2 Å². The summed E-state index contributed by atoms with van der Waals surface area (Å²) in [6.45, 7) is 5.79. The maximum Gasteiger partial charge on any atom is 0.415 e. The molecule has 2 aromatic carbocycles. The average molecular weight is 634 g/mol. The molecule has 5 rings (SSSR count). The lowest BCUT2D eigenvalue weighted by Crippen LogP contribution is -2.41. The number of fused-ring (bicyclic) bond motifs is 1. The van der Waals surface area contributed by atoms with Gasteiger partial charge in [-0.1, -0.05) is 61.4 Å². The number of carbonyl (C=O) groups excluding carboxylic acids is 3. The second-order valence-corrected chi connectivity index (χ2v) is 12.7. The van der Waals surface area contributed by atoms with Gasteiger partial charge in [0, 0.05) is 25.2 Å². The van der Waals surface area contributed by atoms with Crippen molar-refractivity contribution < 1.29 is 32.3 Å². The summed E-state index contributed by atoms with van der Waals surface area (Å²) in [4.78, 5) is 51.1. The zero-order valence-corrected chi connectivity index (χ0v) is 26.1. The molecule has 0 spiro atoms. The summed E-state index contributed by atoms with van der Waals surface area (Å²) in [5.74, 6) is -0.895. The first kappa shape index (κ1) is 31.6. The Balaban J connectivity index is 1.34. The quantitative estimate of drug-likeness (QED) is 0.241. The van der Waals surface area contributed by atoms with Crippen LogP contribution in [0.2, 0.25) is 0 Å². The van der Waals surface area contributed by atoms with Gasteiger partial charge in [0.1, 0.15) is 12.1 Å². The summed E-state index contributed by atoms with van der Waals surface area (Å²) in [7, 11) is -3.96. The Labute approximate surface area is 261 Å². The number of hydrogen-bond donors (Lipinski definition) is 0. The van der Waals surface area contributed by atoms with E-state index in [2.05, 4.69) is 9.97 Å². The fourth-order valence-corrected chi connectivity index (χ4v) is 6.65. The molecule has 2 amide bonds. The highest BCUT2D eigenvalue weighted by Gasteiger charge is 2.40. The number of hydrogen-bond acceptors (Lipinski definition) is 9. The third kappa shape index (κ3) is 6.83. The molecule has 0 unspecified atom stereocenters. The molecular formula is C32H35N5O7S. The number of benzene rings is 2. The molecule has 0 bridgehead atoms. The van der Waals surface area contributed by atoms with Crippen LogP contribution in [0, 0.1) is 18.8 Å². The van der Waals surface area contributed by atoms with Gasteiger partial charge < -0.3 is 14.4 Å². The first-order chi connectivity index (χ1) is 21.6. The van der Waals surface area contributed by atoms with Gasteiger partial charge in [-0.25, -0.2) is 31.9 Å². The van der Waals surface area contributed by atoms with Crippen LogP contribution in [-0.2, 0) is 30.9 Å². The van der Waals surface area contributed by atoms with Crippen LogP contribution in [0.4, 0.5) is 15.4 Å². The lowest BCUT2D eigenvalue weighted by Gasteiger charge is -2.23. The number of ether oxygens (including phenoxy) is 2. The molecule has 2 atom stereocenters. The molecular weight excluding hydrogens is 598 g/mol. The Morgan fingerprint density at radius 1 is 0.978 bits per heavy atom. The number of likely N-dealkylation sites (tertiary alicyclic amines) is 1. The van der Waals surface area contributed by atoms with Crippen molar-refractivity contribution in [1.29, 1.82) is 0 Å². The zero-order chi connectivity index (χ0) is 32.1. The van der Waals surface area contributed by atoms with Crippen LogP contribution >= 0.6 is 0 Å². The van der Waals surface area contributed by atoms with Crippen molar-refractivity contribution in [2.24, 2.45) is 11.8 Å². The molecule has 236 valence electrons. The molecule has 3 heterocycles. The van der Waals surface area contributed by atoms with Gasteiger partial charge in [0.2, 0.25) is 0 Å². The molecule has 0 aliphatic carbocycles. The highest BCUT2D eigenvalue weighted by atomic mass is 32.2. The van der Waals surface area contributed by atoms with Crippen LogP contribution in [0.3, 0.4) is 0 Å². The molecule has 2 aromatic heterocycles. The van der Waals surface area contributed by atoms with Gasteiger partial charge in [-0.2, -0.15) is 0 Å². The van der Waals surface area contributed by atoms with Gasteiger partial charge in [0.25, 0.3) is 10.0 Å². The van der Waals surface area contributed by atoms with E-state index in [-0.39, 0.29) is 59.9 Å². The lowest BCUT2D eigenvalue weighted by atomic mass is 9.90. The van der Waals surface area contributed by atoms with Crippen LogP contribution in [0.1, 0.15) is 31.4 Å². The summed E-state index contributed by atoms with van der Waals surface area (Å²) in [5, 5.41) is 0. The Bertz CT molecular complexity index is 1790. The molecule has 4 aromatic rings. The van der Waals surface area contributed by atoms with Crippen LogP contribution in [0.15, 0.2) is 78.0 Å². The molecule has 1 aliphatic rings. The van der Waals surface area contributed by atoms with E-state index in [1.165, 1.54) is 35.5 Å². The van der Waals surface area contributed by atoms with Gasteiger partial charge >= 0.3 is 12.2 Å². The normalized spacial score (nSPS) is 16.5. The van der Waals surface area contributed by atoms with Crippen molar-refractivity contribution in [2.45, 2.75) is 38.7 Å². The number of amides is 2. The number of carbonyl (C=O) groups is 3. The molecule has 0 radical (unpaired) electrons. The molecule has 1 aliphatic heterocycles. The van der Waals surface area contributed by atoms with Gasteiger partial charge in [-0.3, -0.25) is 9.69 Å². The highest BCUT2D eigenvalue weighted by molar-refractivity contribution is 7.90. The predicted octanol–water partition coefficient (Wildman–Crippen LogP) is 4.80. The highest BCUT2D eigenvalue weighted by Crippen LogP contribution is 2.29. The van der Waals surface area contributed by atoms with Gasteiger partial charge in [0.15, 0.2) is 17.2 Å². The molecule has 45 heavy (non-hydrogen) atoms. The maximum atomic E-state index is 13.7. The van der Waals surface area contributed by atoms with E-state index in [0.29, 0.717) is 13.0 Å². The van der Waals surface area contributed by atoms with E-state index in [0.717, 1.165) is 20.0 Å². The maximum absolute atomic E-state index is 13.7.